The molecule has 0 radical (unpaired) electrons. The number of alkyl halides is 3. The number of benzene rings is 1. The second-order valence-electron chi connectivity index (χ2n) is 6.70. The first kappa shape index (κ1) is 24.9. The number of guanidine groups is 2. The van der Waals surface area contributed by atoms with Gasteiger partial charge < -0.3 is 15.8 Å². The van der Waals surface area contributed by atoms with Crippen LogP contribution in [0.25, 0.3) is 0 Å². The second kappa shape index (κ2) is 12.4. The molecule has 0 aliphatic carbocycles. The summed E-state index contributed by atoms with van der Waals surface area (Å²) in [6.07, 6.45) is 4.29. The van der Waals surface area contributed by atoms with Crippen LogP contribution >= 0.6 is 12.4 Å². The van der Waals surface area contributed by atoms with E-state index in [4.69, 9.17) is 5.73 Å². The largest absolute Gasteiger partial charge is 0.573 e. The lowest BCUT2D eigenvalue weighted by molar-refractivity contribution is -0.274. The Kier molecular flexibility index (Phi) is 10.6. The molecule has 4 N–H and O–H groups in total. The van der Waals surface area contributed by atoms with E-state index in [1.54, 1.807) is 0 Å². The molecule has 29 heavy (non-hydrogen) atoms. The van der Waals surface area contributed by atoms with Gasteiger partial charge in [0.2, 0.25) is 5.96 Å². The third-order valence-electron chi connectivity index (χ3n) is 4.23. The Balaban J connectivity index is 0.00000420. The zero-order valence-electron chi connectivity index (χ0n) is 16.5. The first-order valence-corrected chi connectivity index (χ1v) is 9.66. The van der Waals surface area contributed by atoms with Crippen LogP contribution in [0.4, 0.5) is 18.9 Å². The normalized spacial score (nSPS) is 16.2. The average molecular weight is 436 g/mol. The summed E-state index contributed by atoms with van der Waals surface area (Å²) in [6, 6.07) is 5.40. The average Bonchev–Trinajstić information content (AvgIpc) is 2.61. The summed E-state index contributed by atoms with van der Waals surface area (Å²) < 4.78 is 40.5. The third kappa shape index (κ3) is 10.3. The van der Waals surface area contributed by atoms with E-state index in [1.165, 1.54) is 56.4 Å². The number of unbranched alkanes of at least 4 members (excludes halogenated alkanes) is 6. The number of nitrogens with one attached hydrogen (secondary N) is 2. The molecule has 1 aliphatic rings. The lowest BCUT2D eigenvalue weighted by Crippen LogP contribution is -2.45. The highest BCUT2D eigenvalue weighted by Gasteiger charge is 2.31. The topological polar surface area (TPSA) is 84.0 Å². The van der Waals surface area contributed by atoms with Gasteiger partial charge in [-0.25, -0.2) is 9.98 Å². The minimum atomic E-state index is -4.71. The summed E-state index contributed by atoms with van der Waals surface area (Å²) >= 11 is 0. The molecule has 0 saturated heterocycles. The Bertz CT molecular complexity index is 665. The summed E-state index contributed by atoms with van der Waals surface area (Å²) in [5.41, 5.74) is 6.38. The van der Waals surface area contributed by atoms with Crippen LogP contribution in [0.3, 0.4) is 0 Å². The number of ether oxygens (including phenoxy) is 1. The van der Waals surface area contributed by atoms with E-state index >= 15 is 0 Å². The van der Waals surface area contributed by atoms with E-state index in [2.05, 4.69) is 32.3 Å². The van der Waals surface area contributed by atoms with Crippen molar-refractivity contribution in [3.63, 3.8) is 0 Å². The summed E-state index contributed by atoms with van der Waals surface area (Å²) in [4.78, 5) is 8.76. The number of nitrogens with zero attached hydrogens (tertiary/aromatic N) is 2. The highest BCUT2D eigenvalue weighted by Crippen LogP contribution is 2.24. The van der Waals surface area contributed by atoms with Crippen molar-refractivity contribution in [2.75, 3.05) is 5.32 Å². The van der Waals surface area contributed by atoms with Crippen LogP contribution in [0.5, 0.6) is 5.75 Å². The molecule has 0 aromatic heterocycles. The fourth-order valence-corrected chi connectivity index (χ4v) is 2.88. The van der Waals surface area contributed by atoms with Crippen LogP contribution in [0.2, 0.25) is 0 Å². The molecule has 6 nitrogen and oxygen atoms in total. The third-order valence-corrected chi connectivity index (χ3v) is 4.23. The molecule has 164 valence electrons. The van der Waals surface area contributed by atoms with Crippen LogP contribution in [-0.4, -0.2) is 24.4 Å². The van der Waals surface area contributed by atoms with Crippen LogP contribution in [0, 0.1) is 0 Å². The molecule has 1 atom stereocenters. The molecule has 10 heteroatoms. The Labute approximate surface area is 175 Å². The van der Waals surface area contributed by atoms with Crippen molar-refractivity contribution in [1.82, 2.24) is 5.32 Å². The molecular formula is C19H29ClF3N5O. The van der Waals surface area contributed by atoms with Gasteiger partial charge in [0, 0.05) is 5.69 Å². The minimum Gasteiger partial charge on any atom is -0.406 e. The van der Waals surface area contributed by atoms with Crippen LogP contribution in [-0.2, 0) is 0 Å². The maximum absolute atomic E-state index is 12.2. The van der Waals surface area contributed by atoms with Gasteiger partial charge in [-0.2, -0.15) is 0 Å². The fraction of sp³-hybridized carbons (Fsp3) is 0.579. The maximum Gasteiger partial charge on any atom is 0.573 e. The fourth-order valence-electron chi connectivity index (χ4n) is 2.88. The van der Waals surface area contributed by atoms with E-state index in [0.717, 1.165) is 19.3 Å². The van der Waals surface area contributed by atoms with E-state index in [9.17, 15) is 13.2 Å². The molecule has 1 aromatic rings. The van der Waals surface area contributed by atoms with Crippen molar-refractivity contribution in [3.05, 3.63) is 24.3 Å². The Morgan fingerprint density at radius 1 is 1.03 bits per heavy atom. The lowest BCUT2D eigenvalue weighted by Gasteiger charge is -2.20. The molecule has 1 heterocycles. The van der Waals surface area contributed by atoms with E-state index < -0.39 is 6.36 Å². The van der Waals surface area contributed by atoms with Gasteiger partial charge in [0.05, 0.1) is 0 Å². The Morgan fingerprint density at radius 3 is 2.28 bits per heavy atom. The predicted octanol–water partition coefficient (Wildman–Crippen LogP) is 5.16. The summed E-state index contributed by atoms with van der Waals surface area (Å²) in [5, 5.41) is 5.83. The molecule has 0 saturated carbocycles. The maximum atomic E-state index is 12.2. The van der Waals surface area contributed by atoms with E-state index in [0.29, 0.717) is 11.6 Å². The van der Waals surface area contributed by atoms with Gasteiger partial charge in [0.1, 0.15) is 11.9 Å². The number of halogens is 4. The summed E-state index contributed by atoms with van der Waals surface area (Å²) in [5.74, 6) is 0.405. The van der Waals surface area contributed by atoms with Crippen molar-refractivity contribution in [2.45, 2.75) is 70.8 Å². The van der Waals surface area contributed by atoms with Crippen molar-refractivity contribution in [1.29, 1.82) is 0 Å². The number of hydrogen-bond donors (Lipinski definition) is 3. The zero-order valence-corrected chi connectivity index (χ0v) is 17.3. The van der Waals surface area contributed by atoms with Gasteiger partial charge >= 0.3 is 6.36 Å². The first-order valence-electron chi connectivity index (χ1n) is 9.66. The second-order valence-corrected chi connectivity index (χ2v) is 6.70. The highest BCUT2D eigenvalue weighted by atomic mass is 35.5. The van der Waals surface area contributed by atoms with Crippen LogP contribution in [0.15, 0.2) is 34.3 Å². The van der Waals surface area contributed by atoms with Gasteiger partial charge in [0.25, 0.3) is 0 Å². The number of nitrogens with two attached hydrogens (primary N) is 1. The van der Waals surface area contributed by atoms with E-state index in [-0.39, 0.29) is 30.3 Å². The number of aliphatic imine (C=N–C) groups is 2. The smallest absolute Gasteiger partial charge is 0.406 e. The standard InChI is InChI=1S/C19H28F3N5O.ClH/c1-2-3-4-5-6-7-8-9-16-25-17(23)27-18(26-16)24-14-10-12-15(13-11-14)28-19(20,21)22;/h10-13,16H,2-9H2,1H3,(H4,23,24,25,26,27);1H. The monoisotopic (exact) mass is 435 g/mol. The minimum absolute atomic E-state index is 0. The lowest BCUT2D eigenvalue weighted by atomic mass is 10.1. The van der Waals surface area contributed by atoms with Gasteiger partial charge in [-0.15, -0.1) is 25.6 Å². The van der Waals surface area contributed by atoms with Gasteiger partial charge in [-0.05, 0) is 37.1 Å². The number of hydrogen-bond acceptors (Lipinski definition) is 6. The van der Waals surface area contributed by atoms with Gasteiger partial charge in [-0.3, -0.25) is 5.32 Å². The molecule has 0 spiro atoms. The van der Waals surface area contributed by atoms with Crippen LogP contribution in [0.1, 0.15) is 58.3 Å². The Morgan fingerprint density at radius 2 is 1.66 bits per heavy atom. The van der Waals surface area contributed by atoms with Crippen molar-refractivity contribution in [2.24, 2.45) is 15.7 Å². The molecule has 1 aliphatic heterocycles. The van der Waals surface area contributed by atoms with Crippen molar-refractivity contribution < 1.29 is 17.9 Å². The molecule has 0 amide bonds. The zero-order chi connectivity index (χ0) is 20.4. The molecule has 0 fully saturated rings. The SMILES string of the molecule is CCCCCCCCCC1N=C(N)NC(Nc2ccc(OC(F)(F)F)cc2)=N1.Cl. The molecule has 1 aromatic carbocycles. The number of rotatable bonds is 10. The summed E-state index contributed by atoms with van der Waals surface area (Å²) in [7, 11) is 0. The summed E-state index contributed by atoms with van der Waals surface area (Å²) in [6.45, 7) is 2.20. The molecular weight excluding hydrogens is 407 g/mol. The number of anilines is 1. The molecule has 0 bridgehead atoms. The highest BCUT2D eigenvalue weighted by molar-refractivity contribution is 6.05. The van der Waals surface area contributed by atoms with Gasteiger partial charge in [0.15, 0.2) is 5.96 Å². The quantitative estimate of drug-likeness (QED) is 0.443. The first-order chi connectivity index (χ1) is 13.4. The van der Waals surface area contributed by atoms with Crippen LogP contribution < -0.4 is 21.1 Å². The molecule has 2 rings (SSSR count). The van der Waals surface area contributed by atoms with E-state index in [1.807, 2.05) is 0 Å². The van der Waals surface area contributed by atoms with Gasteiger partial charge in [-0.1, -0.05) is 45.4 Å². The van der Waals surface area contributed by atoms with Crippen molar-refractivity contribution in [3.8, 4) is 5.75 Å². The predicted molar refractivity (Wildman–Crippen MR) is 113 cm³/mol. The van der Waals surface area contributed by atoms with Crippen molar-refractivity contribution >= 4 is 30.0 Å². The Hall–Kier alpha value is -2.16. The molecule has 1 unspecified atom stereocenters.